The Kier molecular flexibility index (Phi) is 11.2. The summed E-state index contributed by atoms with van der Waals surface area (Å²) in [6, 6.07) is 14.6. The van der Waals surface area contributed by atoms with Crippen molar-refractivity contribution in [3.8, 4) is 0 Å². The second kappa shape index (κ2) is 14.8. The molecule has 212 valence electrons. The van der Waals surface area contributed by atoms with Gasteiger partial charge in [0.15, 0.2) is 0 Å². The van der Waals surface area contributed by atoms with Crippen molar-refractivity contribution in [3.05, 3.63) is 90.2 Å². The number of nitrogens with zero attached hydrogens (tertiary/aromatic N) is 3. The summed E-state index contributed by atoms with van der Waals surface area (Å²) >= 11 is 0. The summed E-state index contributed by atoms with van der Waals surface area (Å²) in [5, 5.41) is 6.81. The molecular weight excluding hydrogens is 506 g/mol. The number of hydrogen-bond donors (Lipinski definition) is 2. The van der Waals surface area contributed by atoms with Crippen LogP contribution in [0.4, 0.5) is 5.69 Å². The summed E-state index contributed by atoms with van der Waals surface area (Å²) in [7, 11) is 1.66. The van der Waals surface area contributed by atoms with Gasteiger partial charge in [-0.3, -0.25) is 19.8 Å². The van der Waals surface area contributed by atoms with Gasteiger partial charge in [0.2, 0.25) is 5.91 Å². The molecule has 1 saturated heterocycles. The fraction of sp³-hybridized carbons (Fsp3) is 0.355. The largest absolute Gasteiger partial charge is 0.378 e. The number of allylic oxidation sites excluding steroid dienone is 1. The lowest BCUT2D eigenvalue weighted by atomic mass is 10.0. The zero-order valence-electron chi connectivity index (χ0n) is 23.6. The van der Waals surface area contributed by atoms with Gasteiger partial charge in [-0.1, -0.05) is 55.1 Å². The van der Waals surface area contributed by atoms with Crippen LogP contribution in [-0.2, 0) is 32.0 Å². The normalized spacial score (nSPS) is 14.2. The molecule has 1 aliphatic rings. The molecule has 0 aliphatic carbocycles. The molecule has 9 nitrogen and oxygen atoms in total. The fourth-order valence-electron chi connectivity index (χ4n) is 4.28. The van der Waals surface area contributed by atoms with E-state index in [0.29, 0.717) is 57.0 Å². The van der Waals surface area contributed by atoms with Crippen LogP contribution in [0.15, 0.2) is 78.6 Å². The van der Waals surface area contributed by atoms with E-state index < -0.39 is 11.9 Å². The minimum absolute atomic E-state index is 0.0967. The van der Waals surface area contributed by atoms with E-state index >= 15 is 0 Å². The topological polar surface area (TPSA) is 103 Å². The van der Waals surface area contributed by atoms with E-state index in [4.69, 9.17) is 4.74 Å². The van der Waals surface area contributed by atoms with E-state index in [1.54, 1.807) is 14.0 Å². The maximum Gasteiger partial charge on any atom is 0.268 e. The summed E-state index contributed by atoms with van der Waals surface area (Å²) in [6.07, 6.45) is 2.91. The quantitative estimate of drug-likeness (QED) is 0.242. The number of amides is 3. The molecule has 3 rings (SSSR count). The van der Waals surface area contributed by atoms with Crippen molar-refractivity contribution >= 4 is 29.1 Å². The first-order chi connectivity index (χ1) is 19.2. The zero-order chi connectivity index (χ0) is 29.1. The van der Waals surface area contributed by atoms with Crippen LogP contribution >= 0.6 is 0 Å². The number of likely N-dealkylation sites (N-methyl/N-ethyl adjacent to an activating group) is 1. The highest BCUT2D eigenvalue weighted by Crippen LogP contribution is 2.23. The molecule has 1 aliphatic heterocycles. The average molecular weight is 546 g/mol. The van der Waals surface area contributed by atoms with Gasteiger partial charge in [0.05, 0.1) is 13.2 Å². The van der Waals surface area contributed by atoms with Gasteiger partial charge in [0.25, 0.3) is 11.8 Å². The van der Waals surface area contributed by atoms with Crippen LogP contribution in [0, 0.1) is 6.92 Å². The van der Waals surface area contributed by atoms with Crippen molar-refractivity contribution < 1.29 is 19.1 Å². The Hall–Kier alpha value is -4.24. The molecule has 1 heterocycles. The SMILES string of the molecule is C=C[C@H](NC(=O)/C(C)=N/NC(=C)Cc1ccccc1)C(=O)N(C)c1cc(CCC(=O)N2CCOCC2)ccc1C. The third kappa shape index (κ3) is 8.64. The lowest BCUT2D eigenvalue weighted by molar-refractivity contribution is -0.135. The molecule has 0 saturated carbocycles. The molecule has 2 aromatic rings. The van der Waals surface area contributed by atoms with Gasteiger partial charge in [0.1, 0.15) is 11.8 Å². The number of anilines is 1. The molecule has 2 aromatic carbocycles. The highest BCUT2D eigenvalue weighted by molar-refractivity contribution is 6.38. The van der Waals surface area contributed by atoms with Gasteiger partial charge in [-0.2, -0.15) is 5.10 Å². The van der Waals surface area contributed by atoms with Gasteiger partial charge >= 0.3 is 0 Å². The van der Waals surface area contributed by atoms with Crippen LogP contribution in [0.3, 0.4) is 0 Å². The van der Waals surface area contributed by atoms with E-state index in [9.17, 15) is 14.4 Å². The monoisotopic (exact) mass is 545 g/mol. The number of nitrogens with one attached hydrogen (secondary N) is 2. The minimum Gasteiger partial charge on any atom is -0.378 e. The molecule has 1 atom stereocenters. The molecule has 9 heteroatoms. The predicted octanol–water partition coefficient (Wildman–Crippen LogP) is 3.14. The van der Waals surface area contributed by atoms with Crippen molar-refractivity contribution in [2.24, 2.45) is 5.10 Å². The Labute approximate surface area is 236 Å². The van der Waals surface area contributed by atoms with Crippen LogP contribution in [0.25, 0.3) is 0 Å². The third-order valence-electron chi connectivity index (χ3n) is 6.72. The predicted molar refractivity (Wildman–Crippen MR) is 158 cm³/mol. The highest BCUT2D eigenvalue weighted by atomic mass is 16.5. The Balaban J connectivity index is 1.58. The standard InChI is InChI=1S/C31H39N5O4/c1-6-27(32-30(38)24(4)34-33-23(3)20-25-10-8-7-9-11-25)31(39)35(5)28-21-26(13-12-22(28)2)14-15-29(37)36-16-18-40-19-17-36/h6-13,21,27,33H,1,3,14-20H2,2,4-5H3,(H,32,38)/b34-24+/t27-/m0/s1. The number of carbonyl (C=O) groups excluding carboxylic acids is 3. The summed E-state index contributed by atoms with van der Waals surface area (Å²) in [6.45, 7) is 13.5. The van der Waals surface area contributed by atoms with E-state index in [2.05, 4.69) is 29.0 Å². The first-order valence-corrected chi connectivity index (χ1v) is 13.4. The van der Waals surface area contributed by atoms with Gasteiger partial charge in [-0.15, -0.1) is 6.58 Å². The van der Waals surface area contributed by atoms with Gasteiger partial charge in [-0.05, 0) is 43.0 Å². The molecule has 40 heavy (non-hydrogen) atoms. The van der Waals surface area contributed by atoms with Crippen molar-refractivity contribution in [2.75, 3.05) is 38.3 Å². The Morgan fingerprint density at radius 1 is 1.12 bits per heavy atom. The number of carbonyl (C=O) groups is 3. The van der Waals surface area contributed by atoms with Crippen molar-refractivity contribution in [1.82, 2.24) is 15.6 Å². The number of hydrazone groups is 1. The van der Waals surface area contributed by atoms with Crippen molar-refractivity contribution in [3.63, 3.8) is 0 Å². The molecule has 0 aromatic heterocycles. The van der Waals surface area contributed by atoms with Crippen LogP contribution < -0.4 is 15.6 Å². The first-order valence-electron chi connectivity index (χ1n) is 13.4. The van der Waals surface area contributed by atoms with Crippen molar-refractivity contribution in [1.29, 1.82) is 0 Å². The Morgan fingerprint density at radius 3 is 2.50 bits per heavy atom. The van der Waals surface area contributed by atoms with E-state index in [-0.39, 0.29) is 17.5 Å². The summed E-state index contributed by atoms with van der Waals surface area (Å²) < 4.78 is 5.32. The smallest absolute Gasteiger partial charge is 0.268 e. The third-order valence-corrected chi connectivity index (χ3v) is 6.72. The molecule has 3 amide bonds. The number of ether oxygens (including phenoxy) is 1. The van der Waals surface area contributed by atoms with E-state index in [1.807, 2.05) is 60.4 Å². The molecule has 0 spiro atoms. The van der Waals surface area contributed by atoms with Gasteiger partial charge in [0, 0.05) is 44.4 Å². The molecule has 0 radical (unpaired) electrons. The minimum atomic E-state index is -0.957. The number of hydrogen-bond acceptors (Lipinski definition) is 6. The number of aryl methyl sites for hydroxylation is 2. The number of morpholine rings is 1. The van der Waals surface area contributed by atoms with Crippen LogP contribution in [0.1, 0.15) is 30.0 Å². The lowest BCUT2D eigenvalue weighted by Gasteiger charge is -2.27. The summed E-state index contributed by atoms with van der Waals surface area (Å²) in [5.41, 5.74) is 7.22. The maximum atomic E-state index is 13.3. The average Bonchev–Trinajstić information content (AvgIpc) is 2.98. The Bertz CT molecular complexity index is 1250. The number of benzene rings is 2. The van der Waals surface area contributed by atoms with Crippen LogP contribution in [-0.4, -0.2) is 67.7 Å². The van der Waals surface area contributed by atoms with Gasteiger partial charge < -0.3 is 19.9 Å². The van der Waals surface area contributed by atoms with Crippen LogP contribution in [0.5, 0.6) is 0 Å². The highest BCUT2D eigenvalue weighted by Gasteiger charge is 2.24. The first kappa shape index (κ1) is 30.3. The lowest BCUT2D eigenvalue weighted by Crippen LogP contribution is -2.48. The molecule has 1 fully saturated rings. The second-order valence-electron chi connectivity index (χ2n) is 9.77. The van der Waals surface area contributed by atoms with Crippen LogP contribution in [0.2, 0.25) is 0 Å². The second-order valence-corrected chi connectivity index (χ2v) is 9.77. The molecular formula is C31H39N5O4. The summed E-state index contributed by atoms with van der Waals surface area (Å²) in [4.78, 5) is 42.0. The molecule has 0 bridgehead atoms. The van der Waals surface area contributed by atoms with Gasteiger partial charge in [-0.25, -0.2) is 0 Å². The zero-order valence-corrected chi connectivity index (χ0v) is 23.6. The maximum absolute atomic E-state index is 13.3. The summed E-state index contributed by atoms with van der Waals surface area (Å²) in [5.74, 6) is -0.750. The molecule has 2 N–H and O–H groups in total. The molecule has 0 unspecified atom stereocenters. The fourth-order valence-corrected chi connectivity index (χ4v) is 4.28. The number of rotatable bonds is 12. The van der Waals surface area contributed by atoms with E-state index in [0.717, 1.165) is 16.7 Å². The Morgan fingerprint density at radius 2 is 1.82 bits per heavy atom. The van der Waals surface area contributed by atoms with E-state index in [1.165, 1.54) is 11.0 Å². The van der Waals surface area contributed by atoms with Crippen molar-refractivity contribution in [2.45, 2.75) is 39.2 Å².